The first-order chi connectivity index (χ1) is 7.65. The first-order valence-corrected chi connectivity index (χ1v) is 5.95. The Balaban J connectivity index is 2.27. The van der Waals surface area contributed by atoms with Crippen molar-refractivity contribution in [2.75, 3.05) is 0 Å². The summed E-state index contributed by atoms with van der Waals surface area (Å²) in [6.07, 6.45) is 0. The van der Waals surface area contributed by atoms with E-state index >= 15 is 0 Å². The number of hydrogen-bond acceptors (Lipinski definition) is 2. The summed E-state index contributed by atoms with van der Waals surface area (Å²) in [6.45, 7) is 0. The summed E-state index contributed by atoms with van der Waals surface area (Å²) in [5, 5.41) is 1.02. The van der Waals surface area contributed by atoms with Gasteiger partial charge in [-0.25, -0.2) is 4.98 Å². The zero-order valence-corrected chi connectivity index (χ0v) is 11.1. The minimum atomic E-state index is 0.453. The van der Waals surface area contributed by atoms with Crippen molar-refractivity contribution >= 4 is 39.1 Å². The molecule has 1 aromatic heterocycles. The highest BCUT2D eigenvalue weighted by Gasteiger charge is 2.04. The van der Waals surface area contributed by atoms with Crippen LogP contribution in [0.4, 0.5) is 0 Å². The molecule has 0 saturated carbocycles. The summed E-state index contributed by atoms with van der Waals surface area (Å²) < 4.78 is 6.22. The standard InChI is InChI=1S/C11H6BrCl2NO/c12-10-2-1-3-11(15-10)16-9-5-4-7(13)6-8(9)14/h1-6H. The van der Waals surface area contributed by atoms with Crippen LogP contribution in [0.5, 0.6) is 11.6 Å². The summed E-state index contributed by atoms with van der Waals surface area (Å²) in [5.74, 6) is 0.996. The van der Waals surface area contributed by atoms with Crippen LogP contribution >= 0.6 is 39.1 Å². The Morgan fingerprint density at radius 1 is 1.12 bits per heavy atom. The predicted octanol–water partition coefficient (Wildman–Crippen LogP) is 4.94. The molecule has 0 unspecified atom stereocenters. The fourth-order valence-corrected chi connectivity index (χ4v) is 1.89. The zero-order chi connectivity index (χ0) is 11.5. The molecule has 2 aromatic rings. The molecule has 5 heteroatoms. The largest absolute Gasteiger partial charge is 0.437 e. The van der Waals surface area contributed by atoms with E-state index in [9.17, 15) is 0 Å². The van der Waals surface area contributed by atoms with Crippen LogP contribution in [-0.4, -0.2) is 4.98 Å². The molecule has 82 valence electrons. The van der Waals surface area contributed by atoms with Crippen molar-refractivity contribution in [2.45, 2.75) is 0 Å². The van der Waals surface area contributed by atoms with Crippen LogP contribution in [0.3, 0.4) is 0 Å². The number of ether oxygens (including phenoxy) is 1. The molecule has 0 aliphatic carbocycles. The van der Waals surface area contributed by atoms with Gasteiger partial charge in [0.15, 0.2) is 0 Å². The van der Waals surface area contributed by atoms with Gasteiger partial charge in [0, 0.05) is 11.1 Å². The van der Waals surface area contributed by atoms with Gasteiger partial charge in [-0.15, -0.1) is 0 Å². The number of rotatable bonds is 2. The lowest BCUT2D eigenvalue weighted by atomic mass is 10.3. The van der Waals surface area contributed by atoms with Gasteiger partial charge < -0.3 is 4.74 Å². The van der Waals surface area contributed by atoms with Gasteiger partial charge in [0.2, 0.25) is 5.88 Å². The van der Waals surface area contributed by atoms with Crippen LogP contribution in [0.25, 0.3) is 0 Å². The van der Waals surface area contributed by atoms with Crippen molar-refractivity contribution in [3.63, 3.8) is 0 Å². The van der Waals surface area contributed by atoms with Gasteiger partial charge in [-0.3, -0.25) is 0 Å². The molecule has 16 heavy (non-hydrogen) atoms. The van der Waals surface area contributed by atoms with E-state index in [1.807, 2.05) is 12.1 Å². The minimum Gasteiger partial charge on any atom is -0.437 e. The van der Waals surface area contributed by atoms with Gasteiger partial charge in [0.1, 0.15) is 10.4 Å². The number of aromatic nitrogens is 1. The maximum absolute atomic E-state index is 5.97. The van der Waals surface area contributed by atoms with Crippen LogP contribution in [-0.2, 0) is 0 Å². The lowest BCUT2D eigenvalue weighted by Crippen LogP contribution is -1.88. The first kappa shape index (κ1) is 11.7. The Morgan fingerprint density at radius 3 is 2.62 bits per heavy atom. The Bertz CT molecular complexity index is 519. The average molecular weight is 319 g/mol. The second kappa shape index (κ2) is 5.04. The zero-order valence-electron chi connectivity index (χ0n) is 7.95. The maximum Gasteiger partial charge on any atom is 0.220 e. The molecule has 0 spiro atoms. The molecule has 0 fully saturated rings. The molecule has 0 bridgehead atoms. The molecule has 2 nitrogen and oxygen atoms in total. The van der Waals surface area contributed by atoms with Crippen LogP contribution in [0.15, 0.2) is 41.0 Å². The third-order valence-corrected chi connectivity index (χ3v) is 2.77. The molecule has 0 radical (unpaired) electrons. The summed E-state index contributed by atoms with van der Waals surface area (Å²) >= 11 is 15.0. The Labute approximate surface area is 111 Å². The quantitative estimate of drug-likeness (QED) is 0.731. The molecule has 0 saturated heterocycles. The van der Waals surface area contributed by atoms with Gasteiger partial charge in [-0.1, -0.05) is 29.3 Å². The molecule has 0 aliphatic heterocycles. The van der Waals surface area contributed by atoms with E-state index in [4.69, 9.17) is 27.9 Å². The Hall–Kier alpha value is -0.770. The minimum absolute atomic E-state index is 0.453. The van der Waals surface area contributed by atoms with Crippen molar-refractivity contribution < 1.29 is 4.74 Å². The summed E-state index contributed by atoms with van der Waals surface area (Å²) in [7, 11) is 0. The fourth-order valence-electron chi connectivity index (χ4n) is 1.12. The van der Waals surface area contributed by atoms with Crippen molar-refractivity contribution in [1.82, 2.24) is 4.98 Å². The van der Waals surface area contributed by atoms with E-state index in [0.29, 0.717) is 26.3 Å². The second-order valence-corrected chi connectivity index (χ2v) is 4.63. The third-order valence-electron chi connectivity index (χ3n) is 1.80. The highest BCUT2D eigenvalue weighted by atomic mass is 79.9. The average Bonchev–Trinajstić information content (AvgIpc) is 2.22. The lowest BCUT2D eigenvalue weighted by Gasteiger charge is -2.06. The van der Waals surface area contributed by atoms with Gasteiger partial charge in [-0.05, 0) is 40.2 Å². The third kappa shape index (κ3) is 2.88. The topological polar surface area (TPSA) is 22.1 Å². The van der Waals surface area contributed by atoms with Gasteiger partial charge in [0.05, 0.1) is 5.02 Å². The SMILES string of the molecule is Clc1ccc(Oc2cccc(Br)n2)c(Cl)c1. The number of hydrogen-bond donors (Lipinski definition) is 0. The number of halogens is 3. The molecule has 1 aromatic carbocycles. The maximum atomic E-state index is 5.97. The Kier molecular flexibility index (Phi) is 3.69. The van der Waals surface area contributed by atoms with E-state index in [2.05, 4.69) is 20.9 Å². The predicted molar refractivity (Wildman–Crippen MR) is 68.5 cm³/mol. The van der Waals surface area contributed by atoms with Gasteiger partial charge >= 0.3 is 0 Å². The molecule has 0 N–H and O–H groups in total. The van der Waals surface area contributed by atoms with Gasteiger partial charge in [0.25, 0.3) is 0 Å². The normalized spacial score (nSPS) is 10.2. The first-order valence-electron chi connectivity index (χ1n) is 4.40. The van der Waals surface area contributed by atoms with Crippen LogP contribution < -0.4 is 4.74 Å². The van der Waals surface area contributed by atoms with E-state index in [0.717, 1.165) is 0 Å². The van der Waals surface area contributed by atoms with E-state index < -0.39 is 0 Å². The number of nitrogens with zero attached hydrogens (tertiary/aromatic N) is 1. The molecule has 0 amide bonds. The molecule has 0 atom stereocenters. The smallest absolute Gasteiger partial charge is 0.220 e. The van der Waals surface area contributed by atoms with Crippen LogP contribution in [0.1, 0.15) is 0 Å². The highest BCUT2D eigenvalue weighted by Crippen LogP contribution is 2.31. The summed E-state index contributed by atoms with van der Waals surface area (Å²) in [6, 6.07) is 10.4. The van der Waals surface area contributed by atoms with E-state index in [1.165, 1.54) is 0 Å². The summed E-state index contributed by atoms with van der Waals surface area (Å²) in [4.78, 5) is 4.13. The van der Waals surface area contributed by atoms with Crippen molar-refractivity contribution in [3.8, 4) is 11.6 Å². The Morgan fingerprint density at radius 2 is 1.94 bits per heavy atom. The number of benzene rings is 1. The van der Waals surface area contributed by atoms with Crippen LogP contribution in [0.2, 0.25) is 10.0 Å². The van der Waals surface area contributed by atoms with Crippen molar-refractivity contribution in [1.29, 1.82) is 0 Å². The second-order valence-electron chi connectivity index (χ2n) is 2.98. The lowest BCUT2D eigenvalue weighted by molar-refractivity contribution is 0.462. The summed E-state index contributed by atoms with van der Waals surface area (Å²) in [5.41, 5.74) is 0. The highest BCUT2D eigenvalue weighted by molar-refractivity contribution is 9.10. The molecular formula is C11H6BrCl2NO. The van der Waals surface area contributed by atoms with E-state index in [-0.39, 0.29) is 0 Å². The van der Waals surface area contributed by atoms with Crippen LogP contribution in [0, 0.1) is 0 Å². The van der Waals surface area contributed by atoms with Crippen molar-refractivity contribution in [3.05, 3.63) is 51.0 Å². The monoisotopic (exact) mass is 317 g/mol. The van der Waals surface area contributed by atoms with E-state index in [1.54, 1.807) is 24.3 Å². The molecule has 1 heterocycles. The van der Waals surface area contributed by atoms with Gasteiger partial charge in [-0.2, -0.15) is 0 Å². The molecule has 2 rings (SSSR count). The van der Waals surface area contributed by atoms with Crippen molar-refractivity contribution in [2.24, 2.45) is 0 Å². The fraction of sp³-hybridized carbons (Fsp3) is 0. The molecule has 0 aliphatic rings. The number of pyridine rings is 1. The molecular weight excluding hydrogens is 313 g/mol.